The van der Waals surface area contributed by atoms with Gasteiger partial charge in [0.15, 0.2) is 11.0 Å². The van der Waals surface area contributed by atoms with Crippen molar-refractivity contribution in [3.63, 3.8) is 0 Å². The first-order chi connectivity index (χ1) is 17.6. The molecule has 4 aromatic rings. The van der Waals surface area contributed by atoms with Crippen molar-refractivity contribution in [2.45, 2.75) is 37.5 Å². The average Bonchev–Trinajstić information content (AvgIpc) is 3.26. The van der Waals surface area contributed by atoms with Crippen LogP contribution in [0.4, 0.5) is 23.7 Å². The summed E-state index contributed by atoms with van der Waals surface area (Å²) in [6, 6.07) is 17.3. The van der Waals surface area contributed by atoms with Gasteiger partial charge in [0.1, 0.15) is 0 Å². The van der Waals surface area contributed by atoms with E-state index in [0.717, 1.165) is 34.5 Å². The Hall–Kier alpha value is -3.50. The summed E-state index contributed by atoms with van der Waals surface area (Å²) < 4.78 is 40.8. The summed E-state index contributed by atoms with van der Waals surface area (Å²) in [6.45, 7) is 3.95. The maximum Gasteiger partial charge on any atom is 0.416 e. The van der Waals surface area contributed by atoms with Gasteiger partial charge in [0.2, 0.25) is 0 Å². The quantitative estimate of drug-likeness (QED) is 0.241. The van der Waals surface area contributed by atoms with Crippen molar-refractivity contribution < 1.29 is 18.0 Å². The first-order valence-corrected chi connectivity index (χ1v) is 12.6. The van der Waals surface area contributed by atoms with E-state index in [1.807, 2.05) is 48.7 Å². The molecule has 0 saturated carbocycles. The molecule has 4 rings (SSSR count). The molecule has 192 valence electrons. The molecule has 2 amide bonds. The number of aromatic nitrogens is 3. The number of aryl methyl sites for hydroxylation is 2. The molecular weight excluding hydrogens is 523 g/mol. The summed E-state index contributed by atoms with van der Waals surface area (Å²) in [5.74, 6) is 1.10. The van der Waals surface area contributed by atoms with Crippen LogP contribution in [0.2, 0.25) is 5.02 Å². The second-order valence-electron chi connectivity index (χ2n) is 8.27. The molecule has 0 radical (unpaired) electrons. The van der Waals surface area contributed by atoms with Gasteiger partial charge in [-0.1, -0.05) is 59.8 Å². The van der Waals surface area contributed by atoms with Crippen LogP contribution < -0.4 is 10.6 Å². The van der Waals surface area contributed by atoms with E-state index < -0.39 is 17.8 Å². The topological polar surface area (TPSA) is 71.8 Å². The Balaban J connectivity index is 1.55. The Kier molecular flexibility index (Phi) is 8.09. The summed E-state index contributed by atoms with van der Waals surface area (Å²) in [5, 5.41) is 14.9. The molecule has 0 aliphatic carbocycles. The second kappa shape index (κ2) is 11.3. The van der Waals surface area contributed by atoms with E-state index in [1.54, 1.807) is 12.1 Å². The molecule has 3 aromatic carbocycles. The monoisotopic (exact) mass is 545 g/mol. The van der Waals surface area contributed by atoms with E-state index in [-0.39, 0.29) is 12.2 Å². The van der Waals surface area contributed by atoms with Gasteiger partial charge in [-0.05, 0) is 60.9 Å². The highest BCUT2D eigenvalue weighted by Gasteiger charge is 2.30. The lowest BCUT2D eigenvalue weighted by Crippen LogP contribution is -2.29. The Morgan fingerprint density at radius 3 is 2.54 bits per heavy atom. The molecule has 0 bridgehead atoms. The summed E-state index contributed by atoms with van der Waals surface area (Å²) in [7, 11) is 0. The smallest absolute Gasteiger partial charge is 0.331 e. The standard InChI is InChI=1S/C26H23ClF3N5OS/c1-16-6-3-4-7-18(16)15-37-25-34-33-23(35(25)22-13-20(27)11-10-17(22)2)14-31-24(36)32-21-9-5-8-19(12-21)26(28,29)30/h3-13H,14-15H2,1-2H3,(H2,31,32,36). The van der Waals surface area contributed by atoms with Gasteiger partial charge in [-0.25, -0.2) is 4.79 Å². The third-order valence-corrected chi connectivity index (χ3v) is 6.80. The van der Waals surface area contributed by atoms with E-state index in [9.17, 15) is 18.0 Å². The number of amides is 2. The van der Waals surface area contributed by atoms with Crippen LogP contribution in [0.25, 0.3) is 5.69 Å². The molecule has 1 heterocycles. The molecule has 1 aromatic heterocycles. The molecule has 2 N–H and O–H groups in total. The van der Waals surface area contributed by atoms with E-state index in [4.69, 9.17) is 11.6 Å². The average molecular weight is 546 g/mol. The lowest BCUT2D eigenvalue weighted by atomic mass is 10.1. The van der Waals surface area contributed by atoms with E-state index in [1.165, 1.54) is 23.9 Å². The van der Waals surface area contributed by atoms with E-state index >= 15 is 0 Å². The van der Waals surface area contributed by atoms with Gasteiger partial charge in [-0.3, -0.25) is 4.57 Å². The van der Waals surface area contributed by atoms with Crippen LogP contribution >= 0.6 is 23.4 Å². The predicted octanol–water partition coefficient (Wildman–Crippen LogP) is 7.17. The molecule has 0 spiro atoms. The fourth-order valence-electron chi connectivity index (χ4n) is 3.60. The zero-order valence-corrected chi connectivity index (χ0v) is 21.5. The summed E-state index contributed by atoms with van der Waals surface area (Å²) in [5.41, 5.74) is 3.18. The van der Waals surface area contributed by atoms with Gasteiger partial charge in [0, 0.05) is 16.5 Å². The Bertz CT molecular complexity index is 1420. The molecule has 0 aliphatic heterocycles. The van der Waals surface area contributed by atoms with Gasteiger partial charge in [0.25, 0.3) is 0 Å². The number of benzene rings is 3. The number of hydrogen-bond donors (Lipinski definition) is 2. The highest BCUT2D eigenvalue weighted by Crippen LogP contribution is 2.31. The number of carbonyl (C=O) groups is 1. The third-order valence-electron chi connectivity index (χ3n) is 5.59. The van der Waals surface area contributed by atoms with Crippen molar-refractivity contribution >= 4 is 35.1 Å². The third kappa shape index (κ3) is 6.64. The van der Waals surface area contributed by atoms with Crippen molar-refractivity contribution in [1.82, 2.24) is 20.1 Å². The molecule has 37 heavy (non-hydrogen) atoms. The minimum atomic E-state index is -4.51. The zero-order valence-electron chi connectivity index (χ0n) is 19.9. The number of thioether (sulfide) groups is 1. The second-order valence-corrected chi connectivity index (χ2v) is 9.65. The first kappa shape index (κ1) is 26.6. The van der Waals surface area contributed by atoms with Gasteiger partial charge >= 0.3 is 12.2 Å². The number of urea groups is 1. The molecule has 0 aliphatic rings. The molecule has 0 atom stereocenters. The Morgan fingerprint density at radius 1 is 1.00 bits per heavy atom. The zero-order chi connectivity index (χ0) is 26.6. The molecular formula is C26H23ClF3N5OS. The number of nitrogens with one attached hydrogen (secondary N) is 2. The summed E-state index contributed by atoms with van der Waals surface area (Å²) in [6.07, 6.45) is -4.51. The Labute approximate surface area is 221 Å². The number of anilines is 1. The fourth-order valence-corrected chi connectivity index (χ4v) is 4.80. The van der Waals surface area contributed by atoms with E-state index in [2.05, 4.69) is 20.8 Å². The van der Waals surface area contributed by atoms with Crippen molar-refractivity contribution in [3.8, 4) is 5.69 Å². The highest BCUT2D eigenvalue weighted by atomic mass is 35.5. The maximum atomic E-state index is 13.0. The van der Waals surface area contributed by atoms with Gasteiger partial charge in [-0.15, -0.1) is 10.2 Å². The largest absolute Gasteiger partial charge is 0.416 e. The van der Waals surface area contributed by atoms with Crippen LogP contribution in [0, 0.1) is 13.8 Å². The lowest BCUT2D eigenvalue weighted by molar-refractivity contribution is -0.137. The fraction of sp³-hybridized carbons (Fsp3) is 0.192. The molecule has 0 fully saturated rings. The number of alkyl halides is 3. The number of halogens is 4. The normalized spacial score (nSPS) is 11.4. The number of carbonyl (C=O) groups excluding carboxylic acids is 1. The molecule has 0 saturated heterocycles. The molecule has 0 unspecified atom stereocenters. The Morgan fingerprint density at radius 2 is 1.78 bits per heavy atom. The van der Waals surface area contributed by atoms with Crippen LogP contribution in [0.3, 0.4) is 0 Å². The van der Waals surface area contributed by atoms with Crippen LogP contribution in [0.1, 0.15) is 28.1 Å². The van der Waals surface area contributed by atoms with Gasteiger partial charge in [0.05, 0.1) is 17.8 Å². The number of nitrogens with zero attached hydrogens (tertiary/aromatic N) is 3. The van der Waals surface area contributed by atoms with Crippen LogP contribution in [0.15, 0.2) is 71.9 Å². The number of rotatable bonds is 7. The highest BCUT2D eigenvalue weighted by molar-refractivity contribution is 7.98. The molecule has 11 heteroatoms. The SMILES string of the molecule is Cc1ccccc1CSc1nnc(CNC(=O)Nc2cccc(C(F)(F)F)c2)n1-c1cc(Cl)ccc1C. The van der Waals surface area contributed by atoms with Gasteiger partial charge < -0.3 is 10.6 Å². The lowest BCUT2D eigenvalue weighted by Gasteiger charge is -2.14. The minimum Gasteiger partial charge on any atom is -0.331 e. The maximum absolute atomic E-state index is 13.0. The van der Waals surface area contributed by atoms with Crippen molar-refractivity contribution in [1.29, 1.82) is 0 Å². The molecule has 6 nitrogen and oxygen atoms in total. The van der Waals surface area contributed by atoms with Crippen molar-refractivity contribution in [3.05, 3.63) is 99.8 Å². The summed E-state index contributed by atoms with van der Waals surface area (Å²) in [4.78, 5) is 12.5. The predicted molar refractivity (Wildman–Crippen MR) is 139 cm³/mol. The van der Waals surface area contributed by atoms with E-state index in [0.29, 0.717) is 21.8 Å². The summed E-state index contributed by atoms with van der Waals surface area (Å²) >= 11 is 7.77. The van der Waals surface area contributed by atoms with Crippen LogP contribution in [0.5, 0.6) is 0 Å². The van der Waals surface area contributed by atoms with Crippen molar-refractivity contribution in [2.75, 3.05) is 5.32 Å². The van der Waals surface area contributed by atoms with Crippen molar-refractivity contribution in [2.24, 2.45) is 0 Å². The van der Waals surface area contributed by atoms with Gasteiger partial charge in [-0.2, -0.15) is 13.2 Å². The minimum absolute atomic E-state index is 0.0192. The van der Waals surface area contributed by atoms with Crippen LogP contribution in [-0.2, 0) is 18.5 Å². The number of hydrogen-bond acceptors (Lipinski definition) is 4. The first-order valence-electron chi connectivity index (χ1n) is 11.2. The van der Waals surface area contributed by atoms with Crippen LogP contribution in [-0.4, -0.2) is 20.8 Å².